The summed E-state index contributed by atoms with van der Waals surface area (Å²) >= 11 is 1.19. The molecule has 2 heterocycles. The zero-order chi connectivity index (χ0) is 18.2. The number of pyridine rings is 1. The molecular weight excluding hydrogens is 350 g/mol. The van der Waals surface area contributed by atoms with Crippen LogP contribution in [0.25, 0.3) is 0 Å². The number of carbonyl (C=O) groups excluding carboxylic acids is 2. The second kappa shape index (κ2) is 8.82. The summed E-state index contributed by atoms with van der Waals surface area (Å²) in [5, 5.41) is 14.4. The molecule has 0 saturated carbocycles. The molecule has 0 fully saturated rings. The van der Waals surface area contributed by atoms with E-state index in [4.69, 9.17) is 0 Å². The first-order valence-corrected chi connectivity index (χ1v) is 8.88. The summed E-state index contributed by atoms with van der Waals surface area (Å²) in [6, 6.07) is 14.7. The maximum Gasteiger partial charge on any atom is 0.286 e. The summed E-state index contributed by atoms with van der Waals surface area (Å²) in [6.07, 6.45) is 2.40. The molecule has 0 radical (unpaired) electrons. The second-order valence-corrected chi connectivity index (χ2v) is 6.48. The van der Waals surface area contributed by atoms with Crippen molar-refractivity contribution in [1.29, 1.82) is 0 Å². The van der Waals surface area contributed by atoms with Gasteiger partial charge in [-0.3, -0.25) is 14.6 Å². The average Bonchev–Trinajstić information content (AvgIpc) is 3.16. The summed E-state index contributed by atoms with van der Waals surface area (Å²) in [4.78, 5) is 28.2. The third-order valence-corrected chi connectivity index (χ3v) is 4.43. The van der Waals surface area contributed by atoms with E-state index >= 15 is 0 Å². The summed E-state index contributed by atoms with van der Waals surface area (Å²) in [5.74, 6) is -0.402. The molecule has 0 unspecified atom stereocenters. The predicted octanol–water partition coefficient (Wildman–Crippen LogP) is 2.43. The number of nitrogens with one attached hydrogen (secondary N) is 2. The molecule has 0 spiro atoms. The molecule has 2 amide bonds. The number of carbonyl (C=O) groups is 2. The number of hydrogen-bond acceptors (Lipinski definition) is 6. The minimum atomic E-state index is -0.306. The monoisotopic (exact) mass is 367 g/mol. The molecule has 7 nitrogen and oxygen atoms in total. The van der Waals surface area contributed by atoms with Crippen molar-refractivity contribution in [3.05, 3.63) is 70.4 Å². The molecule has 26 heavy (non-hydrogen) atoms. The Labute approximate surface area is 154 Å². The number of hydrogen-bond donors (Lipinski definition) is 2. The third-order valence-electron chi connectivity index (χ3n) is 3.45. The minimum Gasteiger partial charge on any atom is -0.350 e. The van der Waals surface area contributed by atoms with Crippen LogP contribution in [0.2, 0.25) is 0 Å². The molecule has 2 N–H and O–H groups in total. The van der Waals surface area contributed by atoms with Gasteiger partial charge in [0.25, 0.3) is 5.91 Å². The fourth-order valence-electron chi connectivity index (χ4n) is 2.15. The Balaban J connectivity index is 1.46. The van der Waals surface area contributed by atoms with E-state index in [2.05, 4.69) is 25.8 Å². The molecule has 0 aliphatic rings. The quantitative estimate of drug-likeness (QED) is 0.668. The standard InChI is InChI=1S/C18H17N5O2S/c24-15(20-12-14-8-4-5-11-19-14)9-10-16-22-23-18(26-16)17(25)21-13-6-2-1-3-7-13/h1-8,11H,9-10,12H2,(H,20,24)(H,21,25). The number of para-hydroxylation sites is 1. The van der Waals surface area contributed by atoms with E-state index in [9.17, 15) is 9.59 Å². The van der Waals surface area contributed by atoms with Crippen LogP contribution < -0.4 is 10.6 Å². The van der Waals surface area contributed by atoms with E-state index in [0.29, 0.717) is 23.7 Å². The van der Waals surface area contributed by atoms with E-state index in [0.717, 1.165) is 5.69 Å². The van der Waals surface area contributed by atoms with E-state index in [1.165, 1.54) is 11.3 Å². The average molecular weight is 367 g/mol. The lowest BCUT2D eigenvalue weighted by Gasteiger charge is -2.03. The van der Waals surface area contributed by atoms with Gasteiger partial charge in [-0.1, -0.05) is 35.6 Å². The van der Waals surface area contributed by atoms with Gasteiger partial charge in [-0.25, -0.2) is 0 Å². The maximum atomic E-state index is 12.1. The zero-order valence-corrected chi connectivity index (χ0v) is 14.7. The number of aryl methyl sites for hydroxylation is 1. The molecule has 0 aliphatic carbocycles. The van der Waals surface area contributed by atoms with Crippen molar-refractivity contribution in [2.24, 2.45) is 0 Å². The highest BCUT2D eigenvalue weighted by atomic mass is 32.1. The Bertz CT molecular complexity index is 868. The van der Waals surface area contributed by atoms with Crippen LogP contribution >= 0.6 is 11.3 Å². The summed E-state index contributed by atoms with van der Waals surface area (Å²) in [6.45, 7) is 0.389. The molecule has 0 bridgehead atoms. The van der Waals surface area contributed by atoms with Gasteiger partial charge in [-0.2, -0.15) is 0 Å². The van der Waals surface area contributed by atoms with Gasteiger partial charge < -0.3 is 10.6 Å². The predicted molar refractivity (Wildman–Crippen MR) is 98.7 cm³/mol. The SMILES string of the molecule is O=C(CCc1nnc(C(=O)Nc2ccccc2)s1)NCc1ccccn1. The first-order valence-electron chi connectivity index (χ1n) is 8.06. The first-order chi connectivity index (χ1) is 12.7. The van der Waals surface area contributed by atoms with Crippen LogP contribution in [0.15, 0.2) is 54.7 Å². The Hall–Kier alpha value is -3.13. The van der Waals surface area contributed by atoms with Crippen LogP contribution in [0.3, 0.4) is 0 Å². The first kappa shape index (κ1) is 17.7. The normalized spacial score (nSPS) is 10.3. The Morgan fingerprint density at radius 2 is 1.81 bits per heavy atom. The number of aromatic nitrogens is 3. The number of benzene rings is 1. The molecule has 8 heteroatoms. The highest BCUT2D eigenvalue weighted by Crippen LogP contribution is 2.14. The fraction of sp³-hybridized carbons (Fsp3) is 0.167. The van der Waals surface area contributed by atoms with Gasteiger partial charge in [-0.15, -0.1) is 10.2 Å². The highest BCUT2D eigenvalue weighted by Gasteiger charge is 2.14. The third kappa shape index (κ3) is 5.18. The number of rotatable bonds is 7. The largest absolute Gasteiger partial charge is 0.350 e. The summed E-state index contributed by atoms with van der Waals surface area (Å²) < 4.78 is 0. The van der Waals surface area contributed by atoms with Crippen molar-refractivity contribution in [1.82, 2.24) is 20.5 Å². The van der Waals surface area contributed by atoms with E-state index in [1.807, 2.05) is 36.4 Å². The van der Waals surface area contributed by atoms with Gasteiger partial charge in [0.2, 0.25) is 10.9 Å². The molecule has 1 aromatic carbocycles. The smallest absolute Gasteiger partial charge is 0.286 e. The highest BCUT2D eigenvalue weighted by molar-refractivity contribution is 7.13. The van der Waals surface area contributed by atoms with Crippen molar-refractivity contribution in [2.45, 2.75) is 19.4 Å². The van der Waals surface area contributed by atoms with Gasteiger partial charge in [0, 0.05) is 24.7 Å². The van der Waals surface area contributed by atoms with Crippen molar-refractivity contribution in [3.63, 3.8) is 0 Å². The van der Waals surface area contributed by atoms with Gasteiger partial charge in [-0.05, 0) is 24.3 Å². The summed E-state index contributed by atoms with van der Waals surface area (Å²) in [7, 11) is 0. The van der Waals surface area contributed by atoms with Gasteiger partial charge in [0.05, 0.1) is 12.2 Å². The molecule has 3 rings (SSSR count). The van der Waals surface area contributed by atoms with E-state index < -0.39 is 0 Å². The lowest BCUT2D eigenvalue weighted by molar-refractivity contribution is -0.121. The molecule has 2 aromatic heterocycles. The molecule has 0 atom stereocenters. The number of nitrogens with zero attached hydrogens (tertiary/aromatic N) is 3. The van der Waals surface area contributed by atoms with Gasteiger partial charge in [0.1, 0.15) is 5.01 Å². The van der Waals surface area contributed by atoms with E-state index in [-0.39, 0.29) is 23.2 Å². The zero-order valence-electron chi connectivity index (χ0n) is 13.9. The second-order valence-electron chi connectivity index (χ2n) is 5.42. The Kier molecular flexibility index (Phi) is 6.00. The van der Waals surface area contributed by atoms with Crippen LogP contribution in [0, 0.1) is 0 Å². The van der Waals surface area contributed by atoms with E-state index in [1.54, 1.807) is 18.3 Å². The number of amides is 2. The summed E-state index contributed by atoms with van der Waals surface area (Å²) in [5.41, 5.74) is 1.50. The van der Waals surface area contributed by atoms with Crippen LogP contribution in [0.5, 0.6) is 0 Å². The Morgan fingerprint density at radius 1 is 1.00 bits per heavy atom. The molecular formula is C18H17N5O2S. The van der Waals surface area contributed by atoms with Gasteiger partial charge >= 0.3 is 0 Å². The Morgan fingerprint density at radius 3 is 2.58 bits per heavy atom. The van der Waals surface area contributed by atoms with Crippen molar-refractivity contribution in [2.75, 3.05) is 5.32 Å². The fourth-order valence-corrected chi connectivity index (χ4v) is 2.89. The molecule has 0 saturated heterocycles. The topological polar surface area (TPSA) is 96.9 Å². The van der Waals surface area contributed by atoms with Crippen LogP contribution in [0.4, 0.5) is 5.69 Å². The van der Waals surface area contributed by atoms with Gasteiger partial charge in [0.15, 0.2) is 0 Å². The molecule has 3 aromatic rings. The molecule has 132 valence electrons. The van der Waals surface area contributed by atoms with Crippen molar-refractivity contribution in [3.8, 4) is 0 Å². The van der Waals surface area contributed by atoms with Crippen molar-refractivity contribution >= 4 is 28.8 Å². The maximum absolute atomic E-state index is 12.1. The number of anilines is 1. The lowest BCUT2D eigenvalue weighted by Crippen LogP contribution is -2.23. The van der Waals surface area contributed by atoms with Crippen LogP contribution in [-0.4, -0.2) is 27.0 Å². The lowest BCUT2D eigenvalue weighted by atomic mass is 10.3. The van der Waals surface area contributed by atoms with Crippen LogP contribution in [0.1, 0.15) is 26.9 Å². The minimum absolute atomic E-state index is 0.0962. The van der Waals surface area contributed by atoms with Crippen molar-refractivity contribution < 1.29 is 9.59 Å². The van der Waals surface area contributed by atoms with Crippen LogP contribution in [-0.2, 0) is 17.8 Å². The molecule has 0 aliphatic heterocycles.